The number of fused-ring (bicyclic) bond motifs is 1. The molecule has 0 unspecified atom stereocenters. The molecule has 2 N–H and O–H groups in total. The van der Waals surface area contributed by atoms with E-state index in [2.05, 4.69) is 0 Å². The fourth-order valence-electron chi connectivity index (χ4n) is 3.37. The monoisotopic (exact) mass is 416 g/mol. The highest BCUT2D eigenvalue weighted by Gasteiger charge is 2.41. The second-order valence-electron chi connectivity index (χ2n) is 7.29. The number of rotatable bonds is 5. The molecule has 0 fully saturated rings. The fourth-order valence-corrected chi connectivity index (χ4v) is 5.24. The maximum absolute atomic E-state index is 13.5. The van der Waals surface area contributed by atoms with Crippen LogP contribution in [0, 0.1) is 13.8 Å². The number of esters is 1. The van der Waals surface area contributed by atoms with Crippen LogP contribution < -0.4 is 5.73 Å². The van der Waals surface area contributed by atoms with Crippen molar-refractivity contribution in [1.29, 1.82) is 0 Å². The van der Waals surface area contributed by atoms with Gasteiger partial charge in [-0.05, 0) is 49.1 Å². The zero-order valence-electron chi connectivity index (χ0n) is 16.6. The molecule has 0 saturated heterocycles. The molecule has 0 spiro atoms. The highest BCUT2D eigenvalue weighted by Crippen LogP contribution is 2.31. The quantitative estimate of drug-likeness (QED) is 0.749. The summed E-state index contributed by atoms with van der Waals surface area (Å²) in [7, 11) is -3.99. The molecule has 7 nitrogen and oxygen atoms in total. The van der Waals surface area contributed by atoms with Gasteiger partial charge >= 0.3 is 5.97 Å². The van der Waals surface area contributed by atoms with Crippen LogP contribution in [0.3, 0.4) is 0 Å². The molecule has 2 aromatic rings. The molecule has 3 rings (SSSR count). The molecule has 2 aromatic carbocycles. The summed E-state index contributed by atoms with van der Waals surface area (Å²) in [6.45, 7) is 4.92. The maximum atomic E-state index is 13.5. The third-order valence-electron chi connectivity index (χ3n) is 5.10. The molecule has 1 heterocycles. The Balaban J connectivity index is 2.06. The van der Waals surface area contributed by atoms with Gasteiger partial charge in [-0.3, -0.25) is 9.59 Å². The van der Waals surface area contributed by atoms with Gasteiger partial charge in [0.05, 0.1) is 4.90 Å². The molecule has 0 saturated carbocycles. The van der Waals surface area contributed by atoms with Crippen molar-refractivity contribution >= 4 is 21.9 Å². The van der Waals surface area contributed by atoms with Gasteiger partial charge in [0.1, 0.15) is 6.04 Å². The van der Waals surface area contributed by atoms with Crippen molar-refractivity contribution in [2.45, 2.75) is 50.8 Å². The van der Waals surface area contributed by atoms with E-state index >= 15 is 0 Å². The number of ether oxygens (including phenoxy) is 1. The average molecular weight is 416 g/mol. The summed E-state index contributed by atoms with van der Waals surface area (Å²) in [5.41, 5.74) is 8.28. The molecular formula is C21H24N2O5S. The summed E-state index contributed by atoms with van der Waals surface area (Å²) in [6.07, 6.45) is -0.991. The number of benzene rings is 2. The van der Waals surface area contributed by atoms with Crippen molar-refractivity contribution in [3.63, 3.8) is 0 Å². The minimum atomic E-state index is -3.99. The van der Waals surface area contributed by atoms with E-state index in [4.69, 9.17) is 10.5 Å². The normalized spacial score (nSPS) is 18.0. The minimum Gasteiger partial charge on any atom is -0.451 e. The van der Waals surface area contributed by atoms with E-state index in [-0.39, 0.29) is 17.9 Å². The summed E-state index contributed by atoms with van der Waals surface area (Å²) in [6, 6.07) is 11.4. The van der Waals surface area contributed by atoms with E-state index < -0.39 is 34.0 Å². The van der Waals surface area contributed by atoms with Crippen LogP contribution in [0.2, 0.25) is 0 Å². The summed E-state index contributed by atoms with van der Waals surface area (Å²) >= 11 is 0. The Labute approximate surface area is 170 Å². The van der Waals surface area contributed by atoms with Gasteiger partial charge in [-0.2, -0.15) is 4.31 Å². The predicted octanol–water partition coefficient (Wildman–Crippen LogP) is 1.84. The zero-order chi connectivity index (χ0) is 21.3. The van der Waals surface area contributed by atoms with Crippen LogP contribution in [0.25, 0.3) is 0 Å². The lowest BCUT2D eigenvalue weighted by atomic mass is 9.96. The van der Waals surface area contributed by atoms with Crippen LogP contribution in [-0.2, 0) is 37.3 Å². The molecule has 1 amide bonds. The molecule has 0 bridgehead atoms. The Morgan fingerprint density at radius 2 is 1.79 bits per heavy atom. The van der Waals surface area contributed by atoms with Crippen molar-refractivity contribution in [2.24, 2.45) is 5.73 Å². The molecule has 2 atom stereocenters. The number of carbonyl (C=O) groups is 2. The van der Waals surface area contributed by atoms with E-state index in [9.17, 15) is 18.0 Å². The van der Waals surface area contributed by atoms with Crippen molar-refractivity contribution < 1.29 is 22.7 Å². The van der Waals surface area contributed by atoms with Crippen LogP contribution >= 0.6 is 0 Å². The summed E-state index contributed by atoms with van der Waals surface area (Å²) in [5, 5.41) is 0. The Morgan fingerprint density at radius 3 is 2.45 bits per heavy atom. The number of amides is 1. The molecule has 29 heavy (non-hydrogen) atoms. The molecule has 0 aliphatic carbocycles. The molecule has 8 heteroatoms. The summed E-state index contributed by atoms with van der Waals surface area (Å²) in [4.78, 5) is 24.3. The number of aryl methyl sites for hydroxylation is 2. The fraction of sp³-hybridized carbons (Fsp3) is 0.333. The Kier molecular flexibility index (Phi) is 5.77. The third-order valence-corrected chi connectivity index (χ3v) is 7.10. The maximum Gasteiger partial charge on any atom is 0.325 e. The van der Waals surface area contributed by atoms with Crippen molar-refractivity contribution in [3.05, 3.63) is 64.7 Å². The first-order valence-corrected chi connectivity index (χ1v) is 10.7. The van der Waals surface area contributed by atoms with Gasteiger partial charge in [-0.25, -0.2) is 8.42 Å². The lowest BCUT2D eigenvalue weighted by molar-refractivity contribution is -0.157. The minimum absolute atomic E-state index is 0.0383. The number of carbonyl (C=O) groups excluding carboxylic acids is 2. The Morgan fingerprint density at radius 1 is 1.14 bits per heavy atom. The van der Waals surface area contributed by atoms with Gasteiger partial charge in [0.2, 0.25) is 10.0 Å². The van der Waals surface area contributed by atoms with Gasteiger partial charge in [0, 0.05) is 13.0 Å². The smallest absolute Gasteiger partial charge is 0.325 e. The molecular weight excluding hydrogens is 392 g/mol. The average Bonchev–Trinajstić information content (AvgIpc) is 2.68. The number of hydrogen-bond acceptors (Lipinski definition) is 5. The summed E-state index contributed by atoms with van der Waals surface area (Å²) < 4.78 is 33.4. The van der Waals surface area contributed by atoms with Crippen LogP contribution in [0.4, 0.5) is 0 Å². The second kappa shape index (κ2) is 7.96. The second-order valence-corrected chi connectivity index (χ2v) is 9.15. The first-order valence-electron chi connectivity index (χ1n) is 9.27. The van der Waals surface area contributed by atoms with Crippen molar-refractivity contribution in [1.82, 2.24) is 4.31 Å². The highest BCUT2D eigenvalue weighted by atomic mass is 32.2. The standard InChI is InChI=1S/C21H24N2O5S/c1-13-8-9-14(2)19(10-13)29(26,27)23-12-17-7-5-4-6-16(17)11-18(23)21(25)28-15(3)20(22)24/h4-10,15,18H,11-12H2,1-3H3,(H2,22,24)/t15-,18+/m0/s1. The van der Waals surface area contributed by atoms with Gasteiger partial charge in [0.15, 0.2) is 6.10 Å². The third kappa shape index (κ3) is 4.18. The van der Waals surface area contributed by atoms with Gasteiger partial charge in [0.25, 0.3) is 5.91 Å². The zero-order valence-corrected chi connectivity index (χ0v) is 17.4. The van der Waals surface area contributed by atoms with E-state index in [1.54, 1.807) is 19.1 Å². The number of nitrogens with zero attached hydrogens (tertiary/aromatic N) is 1. The van der Waals surface area contributed by atoms with Crippen LogP contribution in [0.5, 0.6) is 0 Å². The molecule has 1 aliphatic rings. The number of nitrogens with two attached hydrogens (primary N) is 1. The highest BCUT2D eigenvalue weighted by molar-refractivity contribution is 7.89. The summed E-state index contributed by atoms with van der Waals surface area (Å²) in [5.74, 6) is -1.59. The van der Waals surface area contributed by atoms with E-state index in [0.29, 0.717) is 5.56 Å². The van der Waals surface area contributed by atoms with Crippen molar-refractivity contribution in [2.75, 3.05) is 0 Å². The van der Waals surface area contributed by atoms with Crippen LogP contribution in [0.1, 0.15) is 29.2 Å². The van der Waals surface area contributed by atoms with Gasteiger partial charge < -0.3 is 10.5 Å². The molecule has 0 aromatic heterocycles. The topological polar surface area (TPSA) is 107 Å². The number of primary amides is 1. The first kappa shape index (κ1) is 21.0. The van der Waals surface area contributed by atoms with Gasteiger partial charge in [-0.1, -0.05) is 36.4 Å². The molecule has 154 valence electrons. The Hall–Kier alpha value is -2.71. The first-order chi connectivity index (χ1) is 13.6. The molecule has 1 aliphatic heterocycles. The SMILES string of the molecule is Cc1ccc(C)c(S(=O)(=O)N2Cc3ccccc3C[C@@H]2C(=O)O[C@@H](C)C(N)=O)c1. The van der Waals surface area contributed by atoms with E-state index in [1.807, 2.05) is 37.3 Å². The van der Waals surface area contributed by atoms with Crippen molar-refractivity contribution in [3.8, 4) is 0 Å². The Bertz CT molecular complexity index is 1060. The largest absolute Gasteiger partial charge is 0.451 e. The predicted molar refractivity (Wildman–Crippen MR) is 107 cm³/mol. The lowest BCUT2D eigenvalue weighted by Crippen LogP contribution is -2.50. The van der Waals surface area contributed by atoms with Crippen LogP contribution in [0.15, 0.2) is 47.4 Å². The van der Waals surface area contributed by atoms with Gasteiger partial charge in [-0.15, -0.1) is 0 Å². The van der Waals surface area contributed by atoms with Crippen LogP contribution in [-0.4, -0.2) is 36.7 Å². The molecule has 0 radical (unpaired) electrons. The van der Waals surface area contributed by atoms with E-state index in [1.165, 1.54) is 6.92 Å². The number of hydrogen-bond donors (Lipinski definition) is 1. The number of sulfonamides is 1. The lowest BCUT2D eigenvalue weighted by Gasteiger charge is -2.35. The van der Waals surface area contributed by atoms with E-state index in [0.717, 1.165) is 21.0 Å².